The van der Waals surface area contributed by atoms with Gasteiger partial charge in [-0.25, -0.2) is 0 Å². The van der Waals surface area contributed by atoms with Crippen LogP contribution in [0.2, 0.25) is 0 Å². The molecule has 0 bridgehead atoms. The zero-order chi connectivity index (χ0) is 12.1. The molecule has 98 valence electrons. The fourth-order valence-electron chi connectivity index (χ4n) is 2.11. The molecule has 0 saturated heterocycles. The van der Waals surface area contributed by atoms with Gasteiger partial charge < -0.3 is 10.6 Å². The van der Waals surface area contributed by atoms with Crippen molar-refractivity contribution < 1.29 is 4.79 Å². The Morgan fingerprint density at radius 2 is 2.06 bits per heavy atom. The van der Waals surface area contributed by atoms with E-state index in [0.717, 1.165) is 38.1 Å². The van der Waals surface area contributed by atoms with Crippen LogP contribution in [0.15, 0.2) is 0 Å². The molecule has 0 unspecified atom stereocenters. The topological polar surface area (TPSA) is 44.4 Å². The molecule has 2 aliphatic rings. The molecule has 2 aliphatic carbocycles. The number of nitrogens with zero attached hydrogens (tertiary/aromatic N) is 1. The van der Waals surface area contributed by atoms with Gasteiger partial charge in [0.15, 0.2) is 0 Å². The second-order valence-electron chi connectivity index (χ2n) is 5.28. The summed E-state index contributed by atoms with van der Waals surface area (Å²) in [5.74, 6) is 0.913. The zero-order valence-corrected chi connectivity index (χ0v) is 10.9. The molecule has 4 heteroatoms. The molecular weight excluding hydrogens is 214 g/mol. The summed E-state index contributed by atoms with van der Waals surface area (Å²) in [7, 11) is 0. The normalized spacial score (nSPS) is 19.6. The molecule has 0 aromatic carbocycles. The monoisotopic (exact) mass is 239 g/mol. The molecule has 0 heterocycles. The van der Waals surface area contributed by atoms with Crippen molar-refractivity contribution in [1.29, 1.82) is 0 Å². The van der Waals surface area contributed by atoms with Crippen LogP contribution in [0.1, 0.15) is 32.6 Å². The van der Waals surface area contributed by atoms with Gasteiger partial charge in [0, 0.05) is 25.7 Å². The lowest BCUT2D eigenvalue weighted by molar-refractivity contribution is -0.120. The summed E-state index contributed by atoms with van der Waals surface area (Å²) in [6.45, 7) is 6.66. The number of carbonyl (C=O) groups is 1. The average Bonchev–Trinajstić information content (AvgIpc) is 3.17. The van der Waals surface area contributed by atoms with Gasteiger partial charge in [-0.2, -0.15) is 0 Å². The quantitative estimate of drug-likeness (QED) is 0.579. The third-order valence-corrected chi connectivity index (χ3v) is 3.62. The minimum Gasteiger partial charge on any atom is -0.355 e. The maximum Gasteiger partial charge on any atom is 0.233 e. The predicted molar refractivity (Wildman–Crippen MR) is 68.9 cm³/mol. The van der Waals surface area contributed by atoms with Crippen LogP contribution in [0, 0.1) is 5.92 Å². The largest absolute Gasteiger partial charge is 0.355 e. The van der Waals surface area contributed by atoms with Crippen molar-refractivity contribution in [3.8, 4) is 0 Å². The van der Waals surface area contributed by atoms with Gasteiger partial charge in [0.25, 0.3) is 0 Å². The Morgan fingerprint density at radius 1 is 1.29 bits per heavy atom. The average molecular weight is 239 g/mol. The lowest BCUT2D eigenvalue weighted by atomic mass is 10.4. The Labute approximate surface area is 104 Å². The first-order valence-electron chi connectivity index (χ1n) is 7.01. The molecule has 0 radical (unpaired) electrons. The van der Waals surface area contributed by atoms with Gasteiger partial charge in [-0.1, -0.05) is 6.92 Å². The third kappa shape index (κ3) is 5.04. The lowest BCUT2D eigenvalue weighted by Gasteiger charge is -2.19. The van der Waals surface area contributed by atoms with E-state index in [1.165, 1.54) is 25.7 Å². The number of likely N-dealkylation sites (N-methyl/N-ethyl adjacent to an activating group) is 1. The Morgan fingerprint density at radius 3 is 2.65 bits per heavy atom. The van der Waals surface area contributed by atoms with Gasteiger partial charge in [-0.15, -0.1) is 0 Å². The van der Waals surface area contributed by atoms with E-state index in [1.807, 2.05) is 0 Å². The molecule has 4 nitrogen and oxygen atoms in total. The molecule has 0 atom stereocenters. The van der Waals surface area contributed by atoms with E-state index in [4.69, 9.17) is 0 Å². The molecule has 2 rings (SSSR count). The highest BCUT2D eigenvalue weighted by molar-refractivity contribution is 5.77. The Bertz CT molecular complexity index is 249. The van der Waals surface area contributed by atoms with E-state index in [2.05, 4.69) is 22.5 Å². The van der Waals surface area contributed by atoms with Crippen LogP contribution in [-0.2, 0) is 4.79 Å². The summed E-state index contributed by atoms with van der Waals surface area (Å²) < 4.78 is 0. The number of rotatable bonds is 9. The lowest BCUT2D eigenvalue weighted by Crippen LogP contribution is -2.39. The van der Waals surface area contributed by atoms with Crippen LogP contribution in [0.4, 0.5) is 0 Å². The van der Waals surface area contributed by atoms with Gasteiger partial charge in [0.1, 0.15) is 0 Å². The minimum atomic E-state index is 0.145. The SMILES string of the molecule is CCN(CCNCC(=O)NCC1CC1)C1CC1. The van der Waals surface area contributed by atoms with Gasteiger partial charge in [-0.05, 0) is 38.1 Å². The standard InChI is InChI=1S/C13H25N3O/c1-2-16(12-5-6-12)8-7-14-10-13(17)15-9-11-3-4-11/h11-12,14H,2-10H2,1H3,(H,15,17). The highest BCUT2D eigenvalue weighted by Crippen LogP contribution is 2.27. The van der Waals surface area contributed by atoms with Gasteiger partial charge in [0.05, 0.1) is 6.54 Å². The fraction of sp³-hybridized carbons (Fsp3) is 0.923. The molecule has 1 amide bonds. The Balaban J connectivity index is 1.45. The molecule has 2 saturated carbocycles. The zero-order valence-electron chi connectivity index (χ0n) is 10.9. The highest BCUT2D eigenvalue weighted by atomic mass is 16.1. The molecule has 0 aromatic rings. The van der Waals surface area contributed by atoms with Crippen LogP contribution in [0.25, 0.3) is 0 Å². The Hall–Kier alpha value is -0.610. The first-order valence-corrected chi connectivity index (χ1v) is 7.01. The molecule has 0 aliphatic heterocycles. The van der Waals surface area contributed by atoms with Crippen molar-refractivity contribution in [2.24, 2.45) is 5.92 Å². The number of hydrogen-bond donors (Lipinski definition) is 2. The summed E-state index contributed by atoms with van der Waals surface area (Å²) >= 11 is 0. The summed E-state index contributed by atoms with van der Waals surface area (Å²) in [6.07, 6.45) is 5.30. The molecule has 0 aromatic heterocycles. The van der Waals surface area contributed by atoms with Crippen LogP contribution < -0.4 is 10.6 Å². The smallest absolute Gasteiger partial charge is 0.233 e. The molecular formula is C13H25N3O. The van der Waals surface area contributed by atoms with Crippen molar-refractivity contribution in [3.63, 3.8) is 0 Å². The Kier molecular flexibility index (Phi) is 4.80. The second kappa shape index (κ2) is 6.36. The van der Waals surface area contributed by atoms with E-state index in [-0.39, 0.29) is 5.91 Å². The molecule has 17 heavy (non-hydrogen) atoms. The van der Waals surface area contributed by atoms with E-state index in [1.54, 1.807) is 0 Å². The summed E-state index contributed by atoms with van der Waals surface area (Å²) in [6, 6.07) is 0.825. The molecule has 2 N–H and O–H groups in total. The van der Waals surface area contributed by atoms with Crippen LogP contribution in [0.5, 0.6) is 0 Å². The van der Waals surface area contributed by atoms with E-state index < -0.39 is 0 Å². The summed E-state index contributed by atoms with van der Waals surface area (Å²) in [4.78, 5) is 13.9. The summed E-state index contributed by atoms with van der Waals surface area (Å²) in [5, 5.41) is 6.19. The molecule has 2 fully saturated rings. The third-order valence-electron chi connectivity index (χ3n) is 3.62. The second-order valence-corrected chi connectivity index (χ2v) is 5.28. The van der Waals surface area contributed by atoms with E-state index in [0.29, 0.717) is 6.54 Å². The van der Waals surface area contributed by atoms with Crippen molar-refractivity contribution in [3.05, 3.63) is 0 Å². The maximum atomic E-state index is 11.4. The number of carbonyl (C=O) groups excluding carboxylic acids is 1. The first kappa shape index (κ1) is 12.8. The maximum absolute atomic E-state index is 11.4. The highest BCUT2D eigenvalue weighted by Gasteiger charge is 2.27. The number of amides is 1. The van der Waals surface area contributed by atoms with Crippen LogP contribution in [-0.4, -0.2) is 49.6 Å². The number of hydrogen-bond acceptors (Lipinski definition) is 3. The van der Waals surface area contributed by atoms with Crippen LogP contribution in [0.3, 0.4) is 0 Å². The van der Waals surface area contributed by atoms with Crippen LogP contribution >= 0.6 is 0 Å². The van der Waals surface area contributed by atoms with E-state index in [9.17, 15) is 4.79 Å². The fourth-order valence-corrected chi connectivity index (χ4v) is 2.11. The predicted octanol–water partition coefficient (Wildman–Crippen LogP) is 0.587. The van der Waals surface area contributed by atoms with Crippen molar-refractivity contribution in [1.82, 2.24) is 15.5 Å². The van der Waals surface area contributed by atoms with Gasteiger partial charge in [0.2, 0.25) is 5.91 Å². The van der Waals surface area contributed by atoms with Crippen molar-refractivity contribution in [2.45, 2.75) is 38.6 Å². The van der Waals surface area contributed by atoms with Crippen molar-refractivity contribution >= 4 is 5.91 Å². The van der Waals surface area contributed by atoms with Gasteiger partial charge >= 0.3 is 0 Å². The molecule has 0 spiro atoms. The number of nitrogens with one attached hydrogen (secondary N) is 2. The van der Waals surface area contributed by atoms with Gasteiger partial charge in [-0.3, -0.25) is 9.69 Å². The van der Waals surface area contributed by atoms with E-state index >= 15 is 0 Å². The van der Waals surface area contributed by atoms with Crippen molar-refractivity contribution in [2.75, 3.05) is 32.7 Å². The first-order chi connectivity index (χ1) is 8.29. The summed E-state index contributed by atoms with van der Waals surface area (Å²) in [5.41, 5.74) is 0. The minimum absolute atomic E-state index is 0.145.